The van der Waals surface area contributed by atoms with Crippen LogP contribution in [0, 0.1) is 0 Å². The van der Waals surface area contributed by atoms with Gasteiger partial charge in [-0.15, -0.1) is 0 Å². The van der Waals surface area contributed by atoms with Crippen molar-refractivity contribution in [1.82, 2.24) is 5.32 Å². The van der Waals surface area contributed by atoms with Crippen LogP contribution in [0.25, 0.3) is 0 Å². The Hall–Kier alpha value is -1.18. The lowest BCUT2D eigenvalue weighted by molar-refractivity contribution is 0.598. The van der Waals surface area contributed by atoms with E-state index in [0.29, 0.717) is 10.8 Å². The first-order valence-corrected chi connectivity index (χ1v) is 6.95. The first-order chi connectivity index (χ1) is 7.79. The molecule has 0 saturated heterocycles. The highest BCUT2D eigenvalue weighted by Crippen LogP contribution is 2.12. The Labute approximate surface area is 106 Å². The van der Waals surface area contributed by atoms with Gasteiger partial charge >= 0.3 is 0 Å². The van der Waals surface area contributed by atoms with Gasteiger partial charge in [-0.1, -0.05) is 0 Å². The topological polar surface area (TPSA) is 84.2 Å². The molecule has 4 N–H and O–H groups in total. The third-order valence-corrected chi connectivity index (χ3v) is 3.01. The normalized spacial score (nSPS) is 11.3. The van der Waals surface area contributed by atoms with E-state index in [1.54, 1.807) is 12.1 Å². The van der Waals surface area contributed by atoms with Crippen molar-refractivity contribution >= 4 is 33.0 Å². The lowest BCUT2D eigenvalue weighted by Gasteiger charge is -2.13. The van der Waals surface area contributed by atoms with Gasteiger partial charge in [-0.2, -0.15) is 0 Å². The maximum absolute atomic E-state index is 11.0. The molecule has 17 heavy (non-hydrogen) atoms. The number of rotatable bonds is 3. The lowest BCUT2D eigenvalue weighted by Crippen LogP contribution is -2.33. The van der Waals surface area contributed by atoms with Crippen molar-refractivity contribution < 1.29 is 8.42 Å². The van der Waals surface area contributed by atoms with Gasteiger partial charge in [0.1, 0.15) is 0 Å². The van der Waals surface area contributed by atoms with Gasteiger partial charge in [0.05, 0.1) is 4.90 Å². The highest BCUT2D eigenvalue weighted by molar-refractivity contribution is 7.89. The zero-order valence-corrected chi connectivity index (χ0v) is 11.2. The standard InChI is InChI=1S/C10H15N3O2S2/c1-7(2)12-10(16)13-8-3-5-9(6-4-8)17(11,14)15/h3-7H,1-2H3,(H2,11,14,15)(H2,12,13,16). The van der Waals surface area contributed by atoms with E-state index in [2.05, 4.69) is 10.6 Å². The minimum atomic E-state index is -3.64. The van der Waals surface area contributed by atoms with Crippen LogP contribution >= 0.6 is 12.2 Å². The Balaban J connectivity index is 2.73. The van der Waals surface area contributed by atoms with E-state index in [9.17, 15) is 8.42 Å². The van der Waals surface area contributed by atoms with Gasteiger partial charge in [-0.05, 0) is 50.3 Å². The third kappa shape index (κ3) is 4.68. The minimum Gasteiger partial charge on any atom is -0.360 e. The molecule has 0 saturated carbocycles. The van der Waals surface area contributed by atoms with E-state index >= 15 is 0 Å². The average Bonchev–Trinajstić information content (AvgIpc) is 2.15. The van der Waals surface area contributed by atoms with Crippen LogP contribution in [0.4, 0.5) is 5.69 Å². The summed E-state index contributed by atoms with van der Waals surface area (Å²) in [5, 5.41) is 11.4. The zero-order valence-electron chi connectivity index (χ0n) is 9.60. The maximum Gasteiger partial charge on any atom is 0.238 e. The molecule has 1 aromatic rings. The van der Waals surface area contributed by atoms with Crippen LogP contribution in [-0.4, -0.2) is 19.6 Å². The predicted molar refractivity (Wildman–Crippen MR) is 72.3 cm³/mol. The van der Waals surface area contributed by atoms with E-state index in [0.717, 1.165) is 0 Å². The molecule has 0 aliphatic carbocycles. The van der Waals surface area contributed by atoms with Crippen LogP contribution in [-0.2, 0) is 10.0 Å². The molecule has 7 heteroatoms. The second kappa shape index (κ2) is 5.44. The van der Waals surface area contributed by atoms with Crippen LogP contribution in [0.15, 0.2) is 29.2 Å². The largest absolute Gasteiger partial charge is 0.360 e. The van der Waals surface area contributed by atoms with E-state index in [1.165, 1.54) is 12.1 Å². The molecule has 0 radical (unpaired) electrons. The first kappa shape index (κ1) is 13.9. The quantitative estimate of drug-likeness (QED) is 0.716. The summed E-state index contributed by atoms with van der Waals surface area (Å²) < 4.78 is 22.1. The number of nitrogens with two attached hydrogens (primary N) is 1. The van der Waals surface area contributed by atoms with Crippen molar-refractivity contribution in [2.24, 2.45) is 5.14 Å². The van der Waals surface area contributed by atoms with Crippen molar-refractivity contribution in [1.29, 1.82) is 0 Å². The molecule has 0 atom stereocenters. The number of hydrogen-bond acceptors (Lipinski definition) is 3. The SMILES string of the molecule is CC(C)NC(=S)Nc1ccc(S(N)(=O)=O)cc1. The number of benzene rings is 1. The highest BCUT2D eigenvalue weighted by atomic mass is 32.2. The summed E-state index contributed by atoms with van der Waals surface area (Å²) in [7, 11) is -3.64. The second-order valence-corrected chi connectivity index (χ2v) is 5.79. The fraction of sp³-hybridized carbons (Fsp3) is 0.300. The Morgan fingerprint density at radius 2 is 1.82 bits per heavy atom. The molecule has 0 unspecified atom stereocenters. The molecule has 0 fully saturated rings. The van der Waals surface area contributed by atoms with Gasteiger partial charge in [0.15, 0.2) is 5.11 Å². The van der Waals surface area contributed by atoms with E-state index in [4.69, 9.17) is 17.4 Å². The molecule has 0 bridgehead atoms. The number of hydrogen-bond donors (Lipinski definition) is 3. The van der Waals surface area contributed by atoms with Crippen LogP contribution in [0.5, 0.6) is 0 Å². The van der Waals surface area contributed by atoms with Crippen molar-refractivity contribution in [3.05, 3.63) is 24.3 Å². The summed E-state index contributed by atoms with van der Waals surface area (Å²) in [5.74, 6) is 0. The van der Waals surface area contributed by atoms with E-state index < -0.39 is 10.0 Å². The summed E-state index contributed by atoms with van der Waals surface area (Å²) >= 11 is 5.05. The Kier molecular flexibility index (Phi) is 4.44. The highest BCUT2D eigenvalue weighted by Gasteiger charge is 2.07. The minimum absolute atomic E-state index is 0.0748. The Morgan fingerprint density at radius 1 is 1.29 bits per heavy atom. The van der Waals surface area contributed by atoms with E-state index in [1.807, 2.05) is 13.8 Å². The summed E-state index contributed by atoms with van der Waals surface area (Å²) in [6, 6.07) is 6.30. The van der Waals surface area contributed by atoms with Crippen LogP contribution in [0.1, 0.15) is 13.8 Å². The number of sulfonamides is 1. The summed E-state index contributed by atoms with van der Waals surface area (Å²) in [4.78, 5) is 0.0748. The molecule has 0 heterocycles. The third-order valence-electron chi connectivity index (χ3n) is 1.86. The number of nitrogens with one attached hydrogen (secondary N) is 2. The monoisotopic (exact) mass is 273 g/mol. The predicted octanol–water partition coefficient (Wildman–Crippen LogP) is 1.03. The molecular formula is C10H15N3O2S2. The van der Waals surface area contributed by atoms with Gasteiger partial charge in [0.25, 0.3) is 0 Å². The number of primary sulfonamides is 1. The molecule has 0 spiro atoms. The fourth-order valence-electron chi connectivity index (χ4n) is 1.16. The molecule has 0 aromatic heterocycles. The van der Waals surface area contributed by atoms with Gasteiger partial charge in [0.2, 0.25) is 10.0 Å². The van der Waals surface area contributed by atoms with Crippen molar-refractivity contribution in [2.75, 3.05) is 5.32 Å². The fourth-order valence-corrected chi connectivity index (χ4v) is 2.03. The zero-order chi connectivity index (χ0) is 13.1. The summed E-state index contributed by atoms with van der Waals surface area (Å²) in [5.41, 5.74) is 0.704. The van der Waals surface area contributed by atoms with Gasteiger partial charge < -0.3 is 10.6 Å². The second-order valence-electron chi connectivity index (χ2n) is 3.82. The Bertz CT molecular complexity index is 495. The van der Waals surface area contributed by atoms with Crippen molar-refractivity contribution in [3.63, 3.8) is 0 Å². The summed E-state index contributed by atoms with van der Waals surface area (Å²) in [6.07, 6.45) is 0. The van der Waals surface area contributed by atoms with Gasteiger partial charge in [-0.25, -0.2) is 13.6 Å². The van der Waals surface area contributed by atoms with Crippen molar-refractivity contribution in [3.8, 4) is 0 Å². The lowest BCUT2D eigenvalue weighted by atomic mass is 10.3. The molecule has 0 aliphatic heterocycles. The van der Waals surface area contributed by atoms with Gasteiger partial charge in [-0.3, -0.25) is 0 Å². The molecule has 94 valence electrons. The first-order valence-electron chi connectivity index (χ1n) is 4.99. The average molecular weight is 273 g/mol. The number of anilines is 1. The molecule has 1 aromatic carbocycles. The van der Waals surface area contributed by atoms with Crippen LogP contribution < -0.4 is 15.8 Å². The van der Waals surface area contributed by atoms with E-state index in [-0.39, 0.29) is 10.9 Å². The smallest absolute Gasteiger partial charge is 0.238 e. The Morgan fingerprint density at radius 3 is 2.24 bits per heavy atom. The molecule has 1 rings (SSSR count). The molecule has 5 nitrogen and oxygen atoms in total. The maximum atomic E-state index is 11.0. The van der Waals surface area contributed by atoms with Crippen LogP contribution in [0.2, 0.25) is 0 Å². The van der Waals surface area contributed by atoms with Crippen molar-refractivity contribution in [2.45, 2.75) is 24.8 Å². The summed E-state index contributed by atoms with van der Waals surface area (Å²) in [6.45, 7) is 3.94. The van der Waals surface area contributed by atoms with Gasteiger partial charge in [0, 0.05) is 11.7 Å². The number of thiocarbonyl (C=S) groups is 1. The molecule has 0 amide bonds. The molecular weight excluding hydrogens is 258 g/mol. The molecule has 0 aliphatic rings. The van der Waals surface area contributed by atoms with Crippen LogP contribution in [0.3, 0.4) is 0 Å².